The maximum atomic E-state index is 12.5. The number of carboxylic acids is 1. The first-order valence-corrected chi connectivity index (χ1v) is 8.35. The zero-order valence-electron chi connectivity index (χ0n) is 13.8. The Kier molecular flexibility index (Phi) is 6.02. The molecule has 5 nitrogen and oxygen atoms in total. The third-order valence-electron chi connectivity index (χ3n) is 4.36. The van der Waals surface area contributed by atoms with Gasteiger partial charge in [0.1, 0.15) is 0 Å². The quantitative estimate of drug-likeness (QED) is 0.579. The number of unbranched alkanes of at least 4 members (excludes halogenated alkanes) is 4. The number of pyridine rings is 1. The zero-order chi connectivity index (χ0) is 16.8. The number of ketones is 1. The molecule has 0 radical (unpaired) electrons. The van der Waals surface area contributed by atoms with E-state index in [-0.39, 0.29) is 5.92 Å². The van der Waals surface area contributed by atoms with Gasteiger partial charge in [-0.1, -0.05) is 46.0 Å². The van der Waals surface area contributed by atoms with Crippen molar-refractivity contribution in [2.24, 2.45) is 16.8 Å². The van der Waals surface area contributed by atoms with Crippen molar-refractivity contribution in [2.45, 2.75) is 52.4 Å². The van der Waals surface area contributed by atoms with Crippen molar-refractivity contribution in [1.82, 2.24) is 4.98 Å². The molecule has 0 fully saturated rings. The second kappa shape index (κ2) is 7.99. The molecule has 5 heteroatoms. The van der Waals surface area contributed by atoms with Crippen LogP contribution < -0.4 is 0 Å². The summed E-state index contributed by atoms with van der Waals surface area (Å²) in [7, 11) is 0. The van der Waals surface area contributed by atoms with Crippen molar-refractivity contribution in [2.75, 3.05) is 0 Å². The molecule has 1 aromatic heterocycles. The summed E-state index contributed by atoms with van der Waals surface area (Å²) >= 11 is 0. The monoisotopic (exact) mass is 316 g/mol. The van der Waals surface area contributed by atoms with Crippen LogP contribution in [0.1, 0.15) is 62.7 Å². The van der Waals surface area contributed by atoms with E-state index in [9.17, 15) is 14.7 Å². The lowest BCUT2D eigenvalue weighted by Crippen LogP contribution is -2.37. The molecule has 2 rings (SSSR count). The summed E-state index contributed by atoms with van der Waals surface area (Å²) in [5, 5.41) is 9.47. The van der Waals surface area contributed by atoms with Crippen molar-refractivity contribution in [3.05, 3.63) is 24.0 Å². The van der Waals surface area contributed by atoms with E-state index in [1.165, 1.54) is 25.5 Å². The lowest BCUT2D eigenvalue weighted by atomic mass is 9.82. The van der Waals surface area contributed by atoms with Gasteiger partial charge < -0.3 is 5.11 Å². The Hall–Kier alpha value is -2.04. The van der Waals surface area contributed by atoms with E-state index in [2.05, 4.69) is 16.9 Å². The molecule has 1 aliphatic rings. The van der Waals surface area contributed by atoms with Crippen molar-refractivity contribution in [3.63, 3.8) is 0 Å². The molecular weight excluding hydrogens is 292 g/mol. The number of hydrogen-bond donors (Lipinski definition) is 1. The summed E-state index contributed by atoms with van der Waals surface area (Å²) in [6.07, 6.45) is 9.63. The van der Waals surface area contributed by atoms with Gasteiger partial charge in [-0.05, 0) is 18.4 Å². The minimum atomic E-state index is -1.17. The molecule has 0 bridgehead atoms. The molecule has 2 heterocycles. The Morgan fingerprint density at radius 3 is 2.74 bits per heavy atom. The summed E-state index contributed by atoms with van der Waals surface area (Å²) in [6, 6.07) is 1.67. The molecule has 1 aliphatic heterocycles. The molecular formula is C18H24N2O3. The minimum absolute atomic E-state index is 0.0111. The smallest absolute Gasteiger partial charge is 0.320 e. The van der Waals surface area contributed by atoms with Gasteiger partial charge in [0, 0.05) is 18.1 Å². The number of aliphatic imine (C=N–C) groups is 1. The van der Waals surface area contributed by atoms with Gasteiger partial charge in [-0.3, -0.25) is 19.6 Å². The standard InChI is InChI=1S/C18H24N2O3/c1-3-4-5-6-7-8-12(2)16-15(18(22)23)17(21)13-11-19-10-9-14(13)20-16/h9-12,15H,3-8H2,1-2H3,(H,22,23). The number of nitrogens with zero attached hydrogens (tertiary/aromatic N) is 2. The lowest BCUT2D eigenvalue weighted by Gasteiger charge is -2.24. The third-order valence-corrected chi connectivity index (χ3v) is 4.36. The Morgan fingerprint density at radius 2 is 2.04 bits per heavy atom. The molecule has 1 N–H and O–H groups in total. The fourth-order valence-electron chi connectivity index (χ4n) is 3.00. The fraction of sp³-hybridized carbons (Fsp3) is 0.556. The van der Waals surface area contributed by atoms with Crippen molar-refractivity contribution >= 4 is 23.2 Å². The molecule has 0 aliphatic carbocycles. The van der Waals surface area contributed by atoms with Gasteiger partial charge in [-0.25, -0.2) is 0 Å². The molecule has 0 spiro atoms. The normalized spacial score (nSPS) is 18.3. The van der Waals surface area contributed by atoms with E-state index < -0.39 is 17.7 Å². The number of aliphatic carboxylic acids is 1. The highest BCUT2D eigenvalue weighted by molar-refractivity contribution is 6.27. The number of carbonyl (C=O) groups excluding carboxylic acids is 1. The minimum Gasteiger partial charge on any atom is -0.480 e. The lowest BCUT2D eigenvalue weighted by molar-refractivity contribution is -0.138. The molecule has 1 aromatic rings. The van der Waals surface area contributed by atoms with Gasteiger partial charge in [-0.15, -0.1) is 0 Å². The van der Waals surface area contributed by atoms with Crippen LogP contribution in [-0.4, -0.2) is 27.6 Å². The second-order valence-corrected chi connectivity index (χ2v) is 6.17. The number of rotatable bonds is 8. The molecule has 124 valence electrons. The largest absolute Gasteiger partial charge is 0.480 e. The highest BCUT2D eigenvalue weighted by atomic mass is 16.4. The third kappa shape index (κ3) is 4.03. The zero-order valence-corrected chi connectivity index (χ0v) is 13.8. The molecule has 2 unspecified atom stereocenters. The summed E-state index contributed by atoms with van der Waals surface area (Å²) < 4.78 is 0. The number of fused-ring (bicyclic) bond motifs is 1. The van der Waals surface area contributed by atoms with Crippen LogP contribution in [-0.2, 0) is 4.79 Å². The summed E-state index contributed by atoms with van der Waals surface area (Å²) in [4.78, 5) is 32.5. The maximum absolute atomic E-state index is 12.5. The Balaban J connectivity index is 2.15. The van der Waals surface area contributed by atoms with Crippen molar-refractivity contribution < 1.29 is 14.7 Å². The first kappa shape index (κ1) is 17.3. The second-order valence-electron chi connectivity index (χ2n) is 6.17. The van der Waals surface area contributed by atoms with E-state index >= 15 is 0 Å². The highest BCUT2D eigenvalue weighted by Crippen LogP contribution is 2.31. The first-order valence-electron chi connectivity index (χ1n) is 8.35. The Bertz CT molecular complexity index is 610. The Labute approximate surface area is 136 Å². The van der Waals surface area contributed by atoms with Gasteiger partial charge in [-0.2, -0.15) is 0 Å². The summed E-state index contributed by atoms with van der Waals surface area (Å²) in [5.74, 6) is -2.70. The van der Waals surface area contributed by atoms with E-state index in [0.717, 1.165) is 19.3 Å². The molecule has 0 aromatic carbocycles. The van der Waals surface area contributed by atoms with Crippen LogP contribution >= 0.6 is 0 Å². The predicted molar refractivity (Wildman–Crippen MR) is 89.3 cm³/mol. The predicted octanol–water partition coefficient (Wildman–Crippen LogP) is 4.05. The van der Waals surface area contributed by atoms with Crippen LogP contribution in [0.3, 0.4) is 0 Å². The van der Waals surface area contributed by atoms with Crippen LogP contribution in [0, 0.1) is 11.8 Å². The topological polar surface area (TPSA) is 79.6 Å². The van der Waals surface area contributed by atoms with Crippen LogP contribution in [0.5, 0.6) is 0 Å². The highest BCUT2D eigenvalue weighted by Gasteiger charge is 2.39. The maximum Gasteiger partial charge on any atom is 0.320 e. The molecule has 0 saturated carbocycles. The Morgan fingerprint density at radius 1 is 1.30 bits per heavy atom. The van der Waals surface area contributed by atoms with E-state index in [0.29, 0.717) is 17.0 Å². The number of carboxylic acid groups (broad SMARTS) is 1. The van der Waals surface area contributed by atoms with Crippen LogP contribution in [0.15, 0.2) is 23.5 Å². The average molecular weight is 316 g/mol. The number of hydrogen-bond acceptors (Lipinski definition) is 4. The molecule has 23 heavy (non-hydrogen) atoms. The summed E-state index contributed by atoms with van der Waals surface area (Å²) in [5.41, 5.74) is 1.32. The molecule has 0 saturated heterocycles. The van der Waals surface area contributed by atoms with E-state index in [4.69, 9.17) is 0 Å². The van der Waals surface area contributed by atoms with Crippen LogP contribution in [0.25, 0.3) is 0 Å². The van der Waals surface area contributed by atoms with Crippen molar-refractivity contribution in [3.8, 4) is 0 Å². The van der Waals surface area contributed by atoms with Gasteiger partial charge in [0.15, 0.2) is 11.7 Å². The van der Waals surface area contributed by atoms with Gasteiger partial charge in [0.05, 0.1) is 11.3 Å². The average Bonchev–Trinajstić information content (AvgIpc) is 2.54. The summed E-state index contributed by atoms with van der Waals surface area (Å²) in [6.45, 7) is 4.14. The van der Waals surface area contributed by atoms with Crippen molar-refractivity contribution in [1.29, 1.82) is 0 Å². The van der Waals surface area contributed by atoms with E-state index in [1.807, 2.05) is 6.92 Å². The molecule has 2 atom stereocenters. The van der Waals surface area contributed by atoms with Crippen LogP contribution in [0.4, 0.5) is 5.69 Å². The number of carbonyl (C=O) groups is 2. The van der Waals surface area contributed by atoms with Gasteiger partial charge in [0.2, 0.25) is 0 Å². The fourth-order valence-corrected chi connectivity index (χ4v) is 3.00. The molecule has 0 amide bonds. The SMILES string of the molecule is CCCCCCCC(C)C1=Nc2ccncc2C(=O)C1C(=O)O. The van der Waals surface area contributed by atoms with Gasteiger partial charge >= 0.3 is 5.97 Å². The van der Waals surface area contributed by atoms with E-state index in [1.54, 1.807) is 12.3 Å². The number of Topliss-reactive ketones (excluding diaryl/α,β-unsaturated/α-hetero) is 1. The van der Waals surface area contributed by atoms with Gasteiger partial charge in [0.25, 0.3) is 0 Å². The first-order chi connectivity index (χ1) is 11.1. The van der Waals surface area contributed by atoms with Crippen LogP contribution in [0.2, 0.25) is 0 Å². The number of aromatic nitrogens is 1.